The summed E-state index contributed by atoms with van der Waals surface area (Å²) in [5.41, 5.74) is 5.78. The van der Waals surface area contributed by atoms with Crippen LogP contribution in [0.25, 0.3) is 0 Å². The highest BCUT2D eigenvalue weighted by molar-refractivity contribution is 5.88. The molecule has 3 N–H and O–H groups in total. The summed E-state index contributed by atoms with van der Waals surface area (Å²) in [5.74, 6) is -0.120. The SMILES string of the molecule is C=CCc1cccc(C=NNC(=O)C(C)Nc2cccc(C)c2)c1O. The number of nitrogens with zero attached hydrogens (tertiary/aromatic N) is 1. The summed E-state index contributed by atoms with van der Waals surface area (Å²) in [7, 11) is 0. The molecule has 130 valence electrons. The molecule has 0 aliphatic heterocycles. The van der Waals surface area contributed by atoms with Gasteiger partial charge in [0.1, 0.15) is 11.8 Å². The quantitative estimate of drug-likeness (QED) is 0.412. The second kappa shape index (κ2) is 8.68. The third-order valence-electron chi connectivity index (χ3n) is 3.69. The fourth-order valence-corrected chi connectivity index (χ4v) is 2.35. The van der Waals surface area contributed by atoms with Crippen molar-refractivity contribution in [2.24, 2.45) is 5.10 Å². The fraction of sp³-hybridized carbons (Fsp3) is 0.200. The Morgan fingerprint density at radius 3 is 2.80 bits per heavy atom. The Bertz CT molecular complexity index is 784. The number of carbonyl (C=O) groups excluding carboxylic acids is 1. The first-order valence-electron chi connectivity index (χ1n) is 8.09. The number of phenols is 1. The standard InChI is InChI=1S/C20H23N3O2/c1-4-7-16-9-6-10-17(19(16)24)13-21-23-20(25)15(3)22-18-11-5-8-14(2)12-18/h4-6,8-13,15,22,24H,1,7H2,2-3H3,(H,23,25). The average Bonchev–Trinajstić information content (AvgIpc) is 2.58. The number of aryl methyl sites for hydroxylation is 1. The van der Waals surface area contributed by atoms with Gasteiger partial charge in [0.25, 0.3) is 5.91 Å². The van der Waals surface area contributed by atoms with Gasteiger partial charge in [-0.2, -0.15) is 5.10 Å². The Morgan fingerprint density at radius 2 is 2.08 bits per heavy atom. The van der Waals surface area contributed by atoms with Crippen LogP contribution in [0.15, 0.2) is 60.2 Å². The van der Waals surface area contributed by atoms with E-state index in [-0.39, 0.29) is 11.7 Å². The normalized spacial score (nSPS) is 11.9. The maximum Gasteiger partial charge on any atom is 0.262 e. The molecule has 25 heavy (non-hydrogen) atoms. The van der Waals surface area contributed by atoms with Crippen LogP contribution in [0.5, 0.6) is 5.75 Å². The molecule has 0 aliphatic rings. The van der Waals surface area contributed by atoms with Gasteiger partial charge in [0.05, 0.1) is 6.21 Å². The van der Waals surface area contributed by atoms with Crippen LogP contribution in [-0.2, 0) is 11.2 Å². The molecular weight excluding hydrogens is 314 g/mol. The average molecular weight is 337 g/mol. The van der Waals surface area contributed by atoms with E-state index in [0.717, 1.165) is 16.8 Å². The number of amides is 1. The van der Waals surface area contributed by atoms with Crippen molar-refractivity contribution in [1.29, 1.82) is 0 Å². The molecular formula is C20H23N3O2. The van der Waals surface area contributed by atoms with Gasteiger partial charge in [-0.25, -0.2) is 5.43 Å². The summed E-state index contributed by atoms with van der Waals surface area (Å²) in [6.07, 6.45) is 3.72. The number of benzene rings is 2. The number of rotatable bonds is 7. The summed E-state index contributed by atoms with van der Waals surface area (Å²) < 4.78 is 0. The number of hydrazone groups is 1. The first kappa shape index (κ1) is 18.3. The van der Waals surface area contributed by atoms with Crippen LogP contribution in [0.4, 0.5) is 5.69 Å². The number of aromatic hydroxyl groups is 1. The molecule has 2 rings (SSSR count). The fourth-order valence-electron chi connectivity index (χ4n) is 2.35. The zero-order chi connectivity index (χ0) is 18.2. The summed E-state index contributed by atoms with van der Waals surface area (Å²) in [5, 5.41) is 17.2. The van der Waals surface area contributed by atoms with Crippen LogP contribution >= 0.6 is 0 Å². The molecule has 0 aliphatic carbocycles. The van der Waals surface area contributed by atoms with E-state index in [0.29, 0.717) is 12.0 Å². The van der Waals surface area contributed by atoms with E-state index in [1.54, 1.807) is 19.1 Å². The second-order valence-corrected chi connectivity index (χ2v) is 5.82. The maximum atomic E-state index is 12.1. The van der Waals surface area contributed by atoms with E-state index in [1.165, 1.54) is 6.21 Å². The zero-order valence-corrected chi connectivity index (χ0v) is 14.5. The van der Waals surface area contributed by atoms with Gasteiger partial charge >= 0.3 is 0 Å². The molecule has 2 aromatic carbocycles. The molecule has 0 radical (unpaired) electrons. The highest BCUT2D eigenvalue weighted by Crippen LogP contribution is 2.21. The Labute approximate surface area is 148 Å². The minimum absolute atomic E-state index is 0.145. The molecule has 0 fully saturated rings. The molecule has 0 aromatic heterocycles. The number of phenolic OH excluding ortho intramolecular Hbond substituents is 1. The van der Waals surface area contributed by atoms with Gasteiger partial charge in [0, 0.05) is 11.3 Å². The van der Waals surface area contributed by atoms with Gasteiger partial charge in [-0.05, 0) is 49.6 Å². The number of allylic oxidation sites excluding steroid dienone is 1. The van der Waals surface area contributed by atoms with Crippen molar-refractivity contribution >= 4 is 17.8 Å². The minimum Gasteiger partial charge on any atom is -0.507 e. The van der Waals surface area contributed by atoms with E-state index < -0.39 is 6.04 Å². The molecule has 0 saturated carbocycles. The molecule has 1 unspecified atom stereocenters. The number of anilines is 1. The summed E-state index contributed by atoms with van der Waals surface area (Å²) in [4.78, 5) is 12.1. The Kier molecular flexibility index (Phi) is 6.34. The van der Waals surface area contributed by atoms with Crippen molar-refractivity contribution in [2.75, 3.05) is 5.32 Å². The first-order chi connectivity index (χ1) is 12.0. The molecule has 1 atom stereocenters. The molecule has 5 heteroatoms. The van der Waals surface area contributed by atoms with Crippen molar-refractivity contribution in [2.45, 2.75) is 26.3 Å². The zero-order valence-electron chi connectivity index (χ0n) is 14.5. The predicted octanol–water partition coefficient (Wildman–Crippen LogP) is 3.38. The maximum absolute atomic E-state index is 12.1. The van der Waals surface area contributed by atoms with Gasteiger partial charge in [0.15, 0.2) is 0 Å². The van der Waals surface area contributed by atoms with Crippen LogP contribution in [0, 0.1) is 6.92 Å². The highest BCUT2D eigenvalue weighted by Gasteiger charge is 2.11. The van der Waals surface area contributed by atoms with Gasteiger partial charge < -0.3 is 10.4 Å². The summed E-state index contributed by atoms with van der Waals surface area (Å²) in [6.45, 7) is 7.42. The van der Waals surface area contributed by atoms with E-state index in [9.17, 15) is 9.90 Å². The lowest BCUT2D eigenvalue weighted by molar-refractivity contribution is -0.121. The Hall–Kier alpha value is -3.08. The lowest BCUT2D eigenvalue weighted by Crippen LogP contribution is -2.34. The Morgan fingerprint density at radius 1 is 1.32 bits per heavy atom. The molecule has 0 heterocycles. The molecule has 1 amide bonds. The van der Waals surface area contributed by atoms with Crippen molar-refractivity contribution in [3.05, 3.63) is 71.8 Å². The van der Waals surface area contributed by atoms with Crippen LogP contribution in [-0.4, -0.2) is 23.3 Å². The number of hydrogen-bond acceptors (Lipinski definition) is 4. The molecule has 2 aromatic rings. The number of para-hydroxylation sites is 1. The minimum atomic E-state index is -0.445. The summed E-state index contributed by atoms with van der Waals surface area (Å²) >= 11 is 0. The van der Waals surface area contributed by atoms with Crippen LogP contribution in [0.3, 0.4) is 0 Å². The van der Waals surface area contributed by atoms with E-state index >= 15 is 0 Å². The topological polar surface area (TPSA) is 73.7 Å². The third-order valence-corrected chi connectivity index (χ3v) is 3.69. The lowest BCUT2D eigenvalue weighted by atomic mass is 10.1. The van der Waals surface area contributed by atoms with Gasteiger partial charge in [-0.1, -0.05) is 30.3 Å². The summed E-state index contributed by atoms with van der Waals surface area (Å²) in [6, 6.07) is 12.7. The van der Waals surface area contributed by atoms with Crippen molar-refractivity contribution < 1.29 is 9.90 Å². The number of carbonyl (C=O) groups is 1. The predicted molar refractivity (Wildman–Crippen MR) is 102 cm³/mol. The van der Waals surface area contributed by atoms with Crippen molar-refractivity contribution in [1.82, 2.24) is 5.43 Å². The second-order valence-electron chi connectivity index (χ2n) is 5.82. The van der Waals surface area contributed by atoms with Gasteiger partial charge in [-0.15, -0.1) is 6.58 Å². The van der Waals surface area contributed by atoms with Crippen LogP contribution < -0.4 is 10.7 Å². The van der Waals surface area contributed by atoms with Crippen LogP contribution in [0.2, 0.25) is 0 Å². The smallest absolute Gasteiger partial charge is 0.262 e. The van der Waals surface area contributed by atoms with E-state index in [1.807, 2.05) is 43.3 Å². The highest BCUT2D eigenvalue weighted by atomic mass is 16.3. The van der Waals surface area contributed by atoms with E-state index in [2.05, 4.69) is 22.4 Å². The van der Waals surface area contributed by atoms with Gasteiger partial charge in [-0.3, -0.25) is 4.79 Å². The van der Waals surface area contributed by atoms with E-state index in [4.69, 9.17) is 0 Å². The monoisotopic (exact) mass is 337 g/mol. The Balaban J connectivity index is 1.96. The largest absolute Gasteiger partial charge is 0.507 e. The molecule has 5 nitrogen and oxygen atoms in total. The first-order valence-corrected chi connectivity index (χ1v) is 8.09. The van der Waals surface area contributed by atoms with Crippen LogP contribution in [0.1, 0.15) is 23.6 Å². The number of hydrogen-bond donors (Lipinski definition) is 3. The van der Waals surface area contributed by atoms with Crippen molar-refractivity contribution in [3.8, 4) is 5.75 Å². The lowest BCUT2D eigenvalue weighted by Gasteiger charge is -2.13. The third kappa shape index (κ3) is 5.21. The molecule has 0 saturated heterocycles. The molecule has 0 spiro atoms. The number of nitrogens with one attached hydrogen (secondary N) is 2. The molecule has 0 bridgehead atoms. The van der Waals surface area contributed by atoms with Crippen molar-refractivity contribution in [3.63, 3.8) is 0 Å². The van der Waals surface area contributed by atoms with Gasteiger partial charge in [0.2, 0.25) is 0 Å².